The molecule has 1 N–H and O–H groups in total. The monoisotopic (exact) mass is 473 g/mol. The number of aliphatic hydroxyl groups is 1. The molecule has 5 nitrogen and oxygen atoms in total. The number of likely N-dealkylation sites (N-methyl/N-ethyl adjacent to an activating group) is 1. The predicted octanol–water partition coefficient (Wildman–Crippen LogP) is 5.16. The molecule has 0 unspecified atom stereocenters. The first-order chi connectivity index (χ1) is 16.9. The summed E-state index contributed by atoms with van der Waals surface area (Å²) in [6.07, 6.45) is 0.696. The van der Waals surface area contributed by atoms with Gasteiger partial charge < -0.3 is 14.7 Å². The highest BCUT2D eigenvalue weighted by molar-refractivity contribution is 5.85. The summed E-state index contributed by atoms with van der Waals surface area (Å²) in [6.45, 7) is 1.84. The number of rotatable bonds is 11. The van der Waals surface area contributed by atoms with Crippen LogP contribution in [0.1, 0.15) is 48.5 Å². The normalized spacial score (nSPS) is 14.4. The first kappa shape index (κ1) is 26.2. The molecule has 0 heterocycles. The van der Waals surface area contributed by atoms with Gasteiger partial charge in [0.15, 0.2) is 0 Å². The van der Waals surface area contributed by atoms with Gasteiger partial charge in [-0.1, -0.05) is 91.0 Å². The van der Waals surface area contributed by atoms with E-state index in [0.717, 1.165) is 23.1 Å². The molecule has 0 bridgehead atoms. The summed E-state index contributed by atoms with van der Waals surface area (Å²) in [5, 5.41) is 11.0. The van der Waals surface area contributed by atoms with Crippen LogP contribution < -0.4 is 0 Å². The molecule has 35 heavy (non-hydrogen) atoms. The smallest absolute Gasteiger partial charge is 0.305 e. The molecule has 0 saturated heterocycles. The highest BCUT2D eigenvalue weighted by atomic mass is 16.5. The predicted molar refractivity (Wildman–Crippen MR) is 138 cm³/mol. The third-order valence-corrected chi connectivity index (χ3v) is 6.76. The van der Waals surface area contributed by atoms with E-state index in [1.807, 2.05) is 85.8 Å². The van der Waals surface area contributed by atoms with Crippen molar-refractivity contribution in [3.05, 3.63) is 108 Å². The van der Waals surface area contributed by atoms with Crippen LogP contribution in [0.4, 0.5) is 0 Å². The Morgan fingerprint density at radius 2 is 1.37 bits per heavy atom. The number of aliphatic hydroxyl groups excluding tert-OH is 1. The second-order valence-electron chi connectivity index (χ2n) is 9.00. The summed E-state index contributed by atoms with van der Waals surface area (Å²) in [4.78, 5) is 28.0. The largest absolute Gasteiger partial charge is 0.469 e. The highest BCUT2D eigenvalue weighted by Crippen LogP contribution is 2.34. The number of nitrogens with zero attached hydrogens (tertiary/aromatic N) is 1. The molecular weight excluding hydrogens is 438 g/mol. The maximum atomic E-state index is 14.0. The molecule has 0 aromatic heterocycles. The summed E-state index contributed by atoms with van der Waals surface area (Å²) in [5.74, 6) is -1.27. The van der Waals surface area contributed by atoms with Crippen molar-refractivity contribution in [2.45, 2.75) is 44.2 Å². The van der Waals surface area contributed by atoms with E-state index in [1.165, 1.54) is 7.11 Å². The summed E-state index contributed by atoms with van der Waals surface area (Å²) in [5.41, 5.74) is 2.77. The maximum Gasteiger partial charge on any atom is 0.305 e. The topological polar surface area (TPSA) is 66.8 Å². The van der Waals surface area contributed by atoms with Gasteiger partial charge in [0.1, 0.15) is 0 Å². The Morgan fingerprint density at radius 1 is 0.857 bits per heavy atom. The van der Waals surface area contributed by atoms with Gasteiger partial charge in [-0.3, -0.25) is 9.59 Å². The van der Waals surface area contributed by atoms with Gasteiger partial charge in [-0.15, -0.1) is 0 Å². The lowest BCUT2D eigenvalue weighted by molar-refractivity contribution is -0.143. The number of methoxy groups -OCH3 is 1. The van der Waals surface area contributed by atoms with Crippen LogP contribution in [-0.2, 0) is 20.7 Å². The fourth-order valence-corrected chi connectivity index (χ4v) is 4.52. The minimum absolute atomic E-state index is 0.124. The van der Waals surface area contributed by atoms with Gasteiger partial charge in [0.2, 0.25) is 5.91 Å². The number of esters is 1. The van der Waals surface area contributed by atoms with Gasteiger partial charge >= 0.3 is 5.97 Å². The maximum absolute atomic E-state index is 14.0. The van der Waals surface area contributed by atoms with E-state index >= 15 is 0 Å². The van der Waals surface area contributed by atoms with E-state index in [1.54, 1.807) is 11.9 Å². The van der Waals surface area contributed by atoms with E-state index in [9.17, 15) is 14.7 Å². The zero-order chi connectivity index (χ0) is 25.2. The molecule has 0 aliphatic heterocycles. The number of carbonyl (C=O) groups is 2. The Bertz CT molecular complexity index is 1060. The van der Waals surface area contributed by atoms with Crippen LogP contribution in [0.2, 0.25) is 0 Å². The van der Waals surface area contributed by atoms with E-state index < -0.39 is 18.1 Å². The highest BCUT2D eigenvalue weighted by Gasteiger charge is 2.36. The average molecular weight is 474 g/mol. The fraction of sp³-hybridized carbons (Fsp3) is 0.333. The van der Waals surface area contributed by atoms with Crippen LogP contribution in [0, 0.1) is 5.92 Å². The molecule has 3 rings (SSSR count). The number of amides is 1. The molecule has 0 radical (unpaired) electrons. The van der Waals surface area contributed by atoms with E-state index in [-0.39, 0.29) is 24.2 Å². The Morgan fingerprint density at radius 3 is 1.91 bits per heavy atom. The lowest BCUT2D eigenvalue weighted by atomic mass is 9.79. The minimum Gasteiger partial charge on any atom is -0.469 e. The van der Waals surface area contributed by atoms with Gasteiger partial charge in [-0.2, -0.15) is 0 Å². The van der Waals surface area contributed by atoms with Crippen molar-refractivity contribution in [2.24, 2.45) is 5.92 Å². The number of hydrogen-bond acceptors (Lipinski definition) is 4. The van der Waals surface area contributed by atoms with Crippen LogP contribution >= 0.6 is 0 Å². The minimum atomic E-state index is -0.829. The van der Waals surface area contributed by atoms with Crippen LogP contribution in [0.15, 0.2) is 91.0 Å². The number of benzene rings is 3. The Labute approximate surface area is 208 Å². The zero-order valence-electron chi connectivity index (χ0n) is 20.7. The Kier molecular flexibility index (Phi) is 9.62. The quantitative estimate of drug-likeness (QED) is 0.391. The molecule has 0 aliphatic rings. The Balaban J connectivity index is 1.91. The third kappa shape index (κ3) is 7.03. The standard InChI is InChI=1S/C30H35NO4/c1-22(29(33)25-17-11-6-12-18-25)31(2)30(34)28(24-15-9-5-10-16-24)26(21-27(32)35-3)20-19-23-13-7-4-8-14-23/h4-18,22,26,28-29,33H,19-21H2,1-3H3/t22-,26-,28+,29+/m1/s1. The van der Waals surface area contributed by atoms with Crippen molar-refractivity contribution in [3.8, 4) is 0 Å². The summed E-state index contributed by atoms with van der Waals surface area (Å²) in [6, 6.07) is 28.5. The third-order valence-electron chi connectivity index (χ3n) is 6.76. The summed E-state index contributed by atoms with van der Waals surface area (Å²) in [7, 11) is 3.10. The molecule has 4 atom stereocenters. The van der Waals surface area contributed by atoms with Gasteiger partial charge in [-0.25, -0.2) is 0 Å². The van der Waals surface area contributed by atoms with Crippen molar-refractivity contribution >= 4 is 11.9 Å². The molecule has 0 spiro atoms. The first-order valence-electron chi connectivity index (χ1n) is 12.1. The molecule has 5 heteroatoms. The van der Waals surface area contributed by atoms with Crippen LogP contribution in [0.25, 0.3) is 0 Å². The van der Waals surface area contributed by atoms with Crippen molar-refractivity contribution in [3.63, 3.8) is 0 Å². The van der Waals surface area contributed by atoms with Crippen LogP contribution in [0.3, 0.4) is 0 Å². The van der Waals surface area contributed by atoms with Crippen LogP contribution in [0.5, 0.6) is 0 Å². The number of hydrogen-bond donors (Lipinski definition) is 1. The summed E-state index contributed by atoms with van der Waals surface area (Å²) < 4.78 is 5.00. The van der Waals surface area contributed by atoms with E-state index in [2.05, 4.69) is 12.1 Å². The molecule has 1 amide bonds. The second kappa shape index (κ2) is 12.9. The van der Waals surface area contributed by atoms with Gasteiger partial charge in [0.25, 0.3) is 0 Å². The Hall–Kier alpha value is -3.44. The lowest BCUT2D eigenvalue weighted by Gasteiger charge is -2.35. The van der Waals surface area contributed by atoms with Gasteiger partial charge in [-0.05, 0) is 42.4 Å². The molecule has 184 valence electrons. The first-order valence-corrected chi connectivity index (χ1v) is 12.1. The fourth-order valence-electron chi connectivity index (χ4n) is 4.52. The molecule has 3 aromatic rings. The van der Waals surface area contributed by atoms with Gasteiger partial charge in [0.05, 0.1) is 25.2 Å². The van der Waals surface area contributed by atoms with Crippen molar-refractivity contribution in [1.29, 1.82) is 0 Å². The number of carbonyl (C=O) groups excluding carboxylic acids is 2. The van der Waals surface area contributed by atoms with Crippen LogP contribution in [-0.4, -0.2) is 42.1 Å². The molecule has 0 fully saturated rings. The molecule has 0 aliphatic carbocycles. The van der Waals surface area contributed by atoms with Gasteiger partial charge in [0, 0.05) is 13.5 Å². The molecule has 0 saturated carbocycles. The lowest BCUT2D eigenvalue weighted by Crippen LogP contribution is -2.43. The summed E-state index contributed by atoms with van der Waals surface area (Å²) >= 11 is 0. The second-order valence-corrected chi connectivity index (χ2v) is 9.00. The number of aryl methyl sites for hydroxylation is 1. The van der Waals surface area contributed by atoms with Crippen molar-refractivity contribution in [1.82, 2.24) is 4.90 Å². The van der Waals surface area contributed by atoms with Crippen molar-refractivity contribution in [2.75, 3.05) is 14.2 Å². The average Bonchev–Trinajstić information content (AvgIpc) is 2.91. The van der Waals surface area contributed by atoms with E-state index in [0.29, 0.717) is 6.42 Å². The zero-order valence-corrected chi connectivity index (χ0v) is 20.7. The van der Waals surface area contributed by atoms with Crippen molar-refractivity contribution < 1.29 is 19.4 Å². The molecular formula is C30H35NO4. The number of ether oxygens (including phenoxy) is 1. The SMILES string of the molecule is COC(=O)C[C@@H](CCc1ccccc1)[C@@H](C(=O)N(C)[C@H](C)[C@H](O)c1ccccc1)c1ccccc1. The van der Waals surface area contributed by atoms with E-state index in [4.69, 9.17) is 4.74 Å². The molecule has 3 aromatic carbocycles.